The van der Waals surface area contributed by atoms with E-state index < -0.39 is 0 Å². The Balaban J connectivity index is 1.40. The van der Waals surface area contributed by atoms with Gasteiger partial charge in [0.05, 0.1) is 12.3 Å². The lowest BCUT2D eigenvalue weighted by molar-refractivity contribution is -0.121. The van der Waals surface area contributed by atoms with Gasteiger partial charge in [0.15, 0.2) is 5.78 Å². The van der Waals surface area contributed by atoms with Gasteiger partial charge in [0.1, 0.15) is 11.4 Å². The van der Waals surface area contributed by atoms with Crippen LogP contribution in [-0.4, -0.2) is 34.2 Å². The minimum Gasteiger partial charge on any atom is -0.494 e. The number of hydrogen-bond donors (Lipinski definition) is 1. The first-order chi connectivity index (χ1) is 13.2. The van der Waals surface area contributed by atoms with Crippen molar-refractivity contribution in [2.24, 2.45) is 0 Å². The highest BCUT2D eigenvalue weighted by Gasteiger charge is 2.10. The van der Waals surface area contributed by atoms with Crippen LogP contribution in [0.4, 0.5) is 0 Å². The third-order valence-electron chi connectivity index (χ3n) is 4.18. The van der Waals surface area contributed by atoms with E-state index in [-0.39, 0.29) is 24.5 Å². The van der Waals surface area contributed by atoms with Crippen LogP contribution >= 0.6 is 0 Å². The van der Waals surface area contributed by atoms with Gasteiger partial charge in [-0.3, -0.25) is 9.59 Å². The normalized spacial score (nSPS) is 10.7. The molecule has 0 saturated heterocycles. The number of Topliss-reactive ketones (excluding diaryl/α,β-unsaturated/α-hetero) is 1. The summed E-state index contributed by atoms with van der Waals surface area (Å²) in [5, 5.41) is 2.85. The largest absolute Gasteiger partial charge is 0.494 e. The molecule has 0 aliphatic rings. The Bertz CT molecular complexity index is 883. The summed E-state index contributed by atoms with van der Waals surface area (Å²) in [4.78, 5) is 28.6. The second kappa shape index (κ2) is 8.98. The van der Waals surface area contributed by atoms with Gasteiger partial charge in [-0.1, -0.05) is 6.07 Å². The van der Waals surface area contributed by atoms with Gasteiger partial charge in [-0.2, -0.15) is 0 Å². The lowest BCUT2D eigenvalue weighted by Crippen LogP contribution is -2.26. The topological polar surface area (TPSA) is 72.7 Å². The number of rotatable bonds is 9. The summed E-state index contributed by atoms with van der Waals surface area (Å²) in [6.07, 6.45) is 4.92. The van der Waals surface area contributed by atoms with Gasteiger partial charge in [-0.15, -0.1) is 0 Å². The predicted octanol–water partition coefficient (Wildman–Crippen LogP) is 3.05. The molecule has 0 saturated carbocycles. The number of nitrogens with zero attached hydrogens (tertiary/aromatic N) is 2. The maximum absolute atomic E-state index is 12.2. The Kier molecular flexibility index (Phi) is 6.20. The number of nitrogens with one attached hydrogen (secondary N) is 1. The maximum atomic E-state index is 12.2. The smallest absolute Gasteiger partial charge is 0.220 e. The lowest BCUT2D eigenvalue weighted by Gasteiger charge is -2.05. The van der Waals surface area contributed by atoms with Crippen molar-refractivity contribution < 1.29 is 14.3 Å². The third kappa shape index (κ3) is 5.17. The second-order valence-corrected chi connectivity index (χ2v) is 6.18. The highest BCUT2D eigenvalue weighted by Crippen LogP contribution is 2.14. The van der Waals surface area contributed by atoms with Crippen LogP contribution in [0.1, 0.15) is 35.8 Å². The zero-order chi connectivity index (χ0) is 19.1. The summed E-state index contributed by atoms with van der Waals surface area (Å²) in [6, 6.07) is 12.8. The second-order valence-electron chi connectivity index (χ2n) is 6.18. The molecule has 2 heterocycles. The van der Waals surface area contributed by atoms with Gasteiger partial charge in [0, 0.05) is 43.8 Å². The Hall–Kier alpha value is -3.15. The first-order valence-electron chi connectivity index (χ1n) is 9.11. The van der Waals surface area contributed by atoms with Crippen molar-refractivity contribution in [3.05, 3.63) is 66.1 Å². The number of fused-ring (bicyclic) bond motifs is 1. The van der Waals surface area contributed by atoms with Crippen LogP contribution < -0.4 is 10.1 Å². The Labute approximate surface area is 158 Å². The number of amides is 1. The molecule has 0 unspecified atom stereocenters. The average molecular weight is 365 g/mol. The Morgan fingerprint density at radius 1 is 1.11 bits per heavy atom. The molecule has 6 heteroatoms. The number of imidazole rings is 1. The highest BCUT2D eigenvalue weighted by molar-refractivity contribution is 5.98. The van der Waals surface area contributed by atoms with E-state index in [2.05, 4.69) is 10.3 Å². The quantitative estimate of drug-likeness (QED) is 0.592. The van der Waals surface area contributed by atoms with E-state index in [9.17, 15) is 9.59 Å². The molecule has 0 fully saturated rings. The van der Waals surface area contributed by atoms with E-state index in [1.807, 2.05) is 41.9 Å². The summed E-state index contributed by atoms with van der Waals surface area (Å²) >= 11 is 0. The van der Waals surface area contributed by atoms with Crippen LogP contribution in [0.3, 0.4) is 0 Å². The zero-order valence-electron chi connectivity index (χ0n) is 15.4. The number of ketones is 1. The van der Waals surface area contributed by atoms with E-state index in [0.717, 1.165) is 17.1 Å². The number of aromatic nitrogens is 2. The molecular weight excluding hydrogens is 342 g/mol. The minimum atomic E-state index is -0.127. The van der Waals surface area contributed by atoms with Crippen molar-refractivity contribution >= 4 is 17.3 Å². The molecule has 3 aromatic rings. The lowest BCUT2D eigenvalue weighted by atomic mass is 10.1. The fourth-order valence-electron chi connectivity index (χ4n) is 2.80. The minimum absolute atomic E-state index is 0.0476. The van der Waals surface area contributed by atoms with Crippen molar-refractivity contribution in [1.82, 2.24) is 14.7 Å². The standard InChI is InChI=1S/C21H23N3O3/c1-2-27-18-8-6-16(7-9-18)19(25)10-11-21(26)22-13-12-17-15-24-14-4-3-5-20(24)23-17/h3-9,14-15H,2,10-13H2,1H3,(H,22,26). The molecule has 0 radical (unpaired) electrons. The van der Waals surface area contributed by atoms with Crippen molar-refractivity contribution in [3.8, 4) is 5.75 Å². The molecule has 140 valence electrons. The summed E-state index contributed by atoms with van der Waals surface area (Å²) in [5.41, 5.74) is 2.41. The fourth-order valence-corrected chi connectivity index (χ4v) is 2.80. The SMILES string of the molecule is CCOc1ccc(C(=O)CCC(=O)NCCc2cn3ccccc3n2)cc1. The first-order valence-corrected chi connectivity index (χ1v) is 9.11. The molecular formula is C21H23N3O3. The summed E-state index contributed by atoms with van der Waals surface area (Å²) in [7, 11) is 0. The van der Waals surface area contributed by atoms with E-state index in [0.29, 0.717) is 25.1 Å². The van der Waals surface area contributed by atoms with E-state index >= 15 is 0 Å². The molecule has 0 bridgehead atoms. The third-order valence-corrected chi connectivity index (χ3v) is 4.18. The highest BCUT2D eigenvalue weighted by atomic mass is 16.5. The molecule has 0 spiro atoms. The van der Waals surface area contributed by atoms with E-state index in [1.54, 1.807) is 24.3 Å². The predicted molar refractivity (Wildman–Crippen MR) is 103 cm³/mol. The number of pyridine rings is 1. The van der Waals surface area contributed by atoms with Gasteiger partial charge in [-0.25, -0.2) is 4.98 Å². The molecule has 1 N–H and O–H groups in total. The van der Waals surface area contributed by atoms with Crippen LogP contribution in [0.5, 0.6) is 5.75 Å². The molecule has 1 amide bonds. The summed E-state index contributed by atoms with van der Waals surface area (Å²) < 4.78 is 7.31. The molecule has 1 aromatic carbocycles. The van der Waals surface area contributed by atoms with Gasteiger partial charge >= 0.3 is 0 Å². The van der Waals surface area contributed by atoms with Gasteiger partial charge in [0.25, 0.3) is 0 Å². The molecule has 2 aromatic heterocycles. The van der Waals surface area contributed by atoms with E-state index in [4.69, 9.17) is 4.74 Å². The van der Waals surface area contributed by atoms with Crippen LogP contribution in [0.15, 0.2) is 54.9 Å². The Morgan fingerprint density at radius 3 is 2.67 bits per heavy atom. The molecule has 27 heavy (non-hydrogen) atoms. The van der Waals surface area contributed by atoms with Crippen molar-refractivity contribution in [2.45, 2.75) is 26.2 Å². The molecule has 3 rings (SSSR count). The summed E-state index contributed by atoms with van der Waals surface area (Å²) in [5.74, 6) is 0.560. The van der Waals surface area contributed by atoms with Crippen molar-refractivity contribution in [1.29, 1.82) is 0 Å². The number of carbonyl (C=O) groups excluding carboxylic acids is 2. The van der Waals surface area contributed by atoms with Crippen LogP contribution in [0, 0.1) is 0 Å². The molecule has 0 atom stereocenters. The van der Waals surface area contributed by atoms with Gasteiger partial charge < -0.3 is 14.5 Å². The number of hydrogen-bond acceptors (Lipinski definition) is 4. The number of ether oxygens (including phenoxy) is 1. The average Bonchev–Trinajstić information content (AvgIpc) is 3.10. The fraction of sp³-hybridized carbons (Fsp3) is 0.286. The van der Waals surface area contributed by atoms with Gasteiger partial charge in [0.2, 0.25) is 5.91 Å². The Morgan fingerprint density at radius 2 is 1.93 bits per heavy atom. The van der Waals surface area contributed by atoms with Crippen LogP contribution in [0.25, 0.3) is 5.65 Å². The monoisotopic (exact) mass is 365 g/mol. The maximum Gasteiger partial charge on any atom is 0.220 e. The molecule has 0 aliphatic carbocycles. The number of benzene rings is 1. The molecule has 0 aliphatic heterocycles. The molecule has 6 nitrogen and oxygen atoms in total. The first kappa shape index (κ1) is 18.6. The summed E-state index contributed by atoms with van der Waals surface area (Å²) in [6.45, 7) is 3.00. The zero-order valence-corrected chi connectivity index (χ0v) is 15.4. The van der Waals surface area contributed by atoms with E-state index in [1.165, 1.54) is 0 Å². The van der Waals surface area contributed by atoms with Gasteiger partial charge in [-0.05, 0) is 43.3 Å². The number of carbonyl (C=O) groups is 2. The van der Waals surface area contributed by atoms with Crippen molar-refractivity contribution in [2.75, 3.05) is 13.2 Å². The van der Waals surface area contributed by atoms with Crippen LogP contribution in [-0.2, 0) is 11.2 Å². The van der Waals surface area contributed by atoms with Crippen LogP contribution in [0.2, 0.25) is 0 Å². The van der Waals surface area contributed by atoms with Crippen molar-refractivity contribution in [3.63, 3.8) is 0 Å².